The summed E-state index contributed by atoms with van der Waals surface area (Å²) in [5, 5.41) is 9.66. The van der Waals surface area contributed by atoms with Crippen LogP contribution in [-0.2, 0) is 12.8 Å². The number of carbonyl (C=O) groups excluding carboxylic acids is 1. The molecule has 0 aliphatic carbocycles. The molecule has 29 heavy (non-hydrogen) atoms. The van der Waals surface area contributed by atoms with E-state index in [0.717, 1.165) is 28.3 Å². The standard InChI is InChI=1S/C24H25N3O2/c1-16(2)23-25-21-13-15-27(24(29)18-6-4-3-5-7-18)14-12-20(21)22(26-23)17-8-10-19(28)11-9-17/h3-11,16,28H,12-15H2,1-2H3. The van der Waals surface area contributed by atoms with Gasteiger partial charge < -0.3 is 10.0 Å². The molecule has 1 aliphatic heterocycles. The normalized spacial score (nSPS) is 13.8. The largest absolute Gasteiger partial charge is 0.508 e. The van der Waals surface area contributed by atoms with Crippen molar-refractivity contribution < 1.29 is 9.90 Å². The molecule has 3 aromatic rings. The molecule has 2 heterocycles. The van der Waals surface area contributed by atoms with Gasteiger partial charge in [0, 0.05) is 47.8 Å². The zero-order chi connectivity index (χ0) is 20.4. The van der Waals surface area contributed by atoms with E-state index in [-0.39, 0.29) is 17.6 Å². The first-order valence-corrected chi connectivity index (χ1v) is 10.1. The second-order valence-corrected chi connectivity index (χ2v) is 7.72. The maximum absolute atomic E-state index is 12.9. The van der Waals surface area contributed by atoms with Crippen molar-refractivity contribution in [2.75, 3.05) is 13.1 Å². The highest BCUT2D eigenvalue weighted by molar-refractivity contribution is 5.94. The van der Waals surface area contributed by atoms with E-state index in [2.05, 4.69) is 13.8 Å². The SMILES string of the molecule is CC(C)c1nc2c(c(-c3ccc(O)cc3)n1)CCN(C(=O)c1ccccc1)CC2. The summed E-state index contributed by atoms with van der Waals surface area (Å²) in [5.41, 5.74) is 4.71. The summed E-state index contributed by atoms with van der Waals surface area (Å²) in [5.74, 6) is 1.32. The number of fused-ring (bicyclic) bond motifs is 1. The minimum absolute atomic E-state index is 0.0571. The first kappa shape index (κ1) is 19.1. The van der Waals surface area contributed by atoms with Gasteiger partial charge in [0.1, 0.15) is 11.6 Å². The summed E-state index contributed by atoms with van der Waals surface area (Å²) in [7, 11) is 0. The average Bonchev–Trinajstić information content (AvgIpc) is 2.96. The van der Waals surface area contributed by atoms with E-state index < -0.39 is 0 Å². The number of phenols is 1. The topological polar surface area (TPSA) is 66.3 Å². The Kier molecular flexibility index (Phi) is 5.30. The Morgan fingerprint density at radius 3 is 2.34 bits per heavy atom. The number of amides is 1. The van der Waals surface area contributed by atoms with Crippen LogP contribution in [0.4, 0.5) is 0 Å². The van der Waals surface area contributed by atoms with Gasteiger partial charge in [0.25, 0.3) is 5.91 Å². The number of hydrogen-bond acceptors (Lipinski definition) is 4. The second-order valence-electron chi connectivity index (χ2n) is 7.72. The third kappa shape index (κ3) is 3.99. The first-order chi connectivity index (χ1) is 14.0. The van der Waals surface area contributed by atoms with E-state index in [9.17, 15) is 9.90 Å². The van der Waals surface area contributed by atoms with E-state index in [4.69, 9.17) is 9.97 Å². The van der Waals surface area contributed by atoms with Crippen LogP contribution >= 0.6 is 0 Å². The summed E-state index contributed by atoms with van der Waals surface area (Å²) in [6.45, 7) is 5.45. The number of phenolic OH excluding ortho intramolecular Hbond substituents is 1. The fourth-order valence-electron chi connectivity index (χ4n) is 3.70. The summed E-state index contributed by atoms with van der Waals surface area (Å²) in [6.07, 6.45) is 1.42. The minimum Gasteiger partial charge on any atom is -0.508 e. The van der Waals surface area contributed by atoms with Crippen molar-refractivity contribution in [3.8, 4) is 17.0 Å². The highest BCUT2D eigenvalue weighted by Gasteiger charge is 2.24. The van der Waals surface area contributed by atoms with E-state index in [1.165, 1.54) is 0 Å². The van der Waals surface area contributed by atoms with Crippen LogP contribution in [0.25, 0.3) is 11.3 Å². The molecule has 148 valence electrons. The van der Waals surface area contributed by atoms with Gasteiger partial charge in [-0.1, -0.05) is 32.0 Å². The van der Waals surface area contributed by atoms with E-state index in [1.807, 2.05) is 47.4 Å². The molecule has 4 rings (SSSR count). The lowest BCUT2D eigenvalue weighted by molar-refractivity contribution is 0.0763. The van der Waals surface area contributed by atoms with Crippen molar-refractivity contribution >= 4 is 5.91 Å². The Morgan fingerprint density at radius 1 is 0.966 bits per heavy atom. The highest BCUT2D eigenvalue weighted by atomic mass is 16.3. The van der Waals surface area contributed by atoms with Gasteiger partial charge in [-0.3, -0.25) is 4.79 Å². The molecule has 0 bridgehead atoms. The molecule has 0 fully saturated rings. The van der Waals surface area contributed by atoms with Crippen LogP contribution in [0.1, 0.15) is 47.2 Å². The maximum atomic E-state index is 12.9. The fourth-order valence-corrected chi connectivity index (χ4v) is 3.70. The van der Waals surface area contributed by atoms with Gasteiger partial charge in [0.2, 0.25) is 0 Å². The van der Waals surface area contributed by atoms with E-state index >= 15 is 0 Å². The van der Waals surface area contributed by atoms with Crippen LogP contribution in [0, 0.1) is 0 Å². The second kappa shape index (κ2) is 8.03. The third-order valence-corrected chi connectivity index (χ3v) is 5.33. The molecule has 1 N–H and O–H groups in total. The Labute approximate surface area is 171 Å². The summed E-state index contributed by atoms with van der Waals surface area (Å²) >= 11 is 0. The lowest BCUT2D eigenvalue weighted by Crippen LogP contribution is -2.33. The van der Waals surface area contributed by atoms with E-state index in [1.54, 1.807) is 12.1 Å². The molecule has 1 aliphatic rings. The van der Waals surface area contributed by atoms with Crippen molar-refractivity contribution in [2.45, 2.75) is 32.6 Å². The Hall–Kier alpha value is -3.21. The molecular weight excluding hydrogens is 362 g/mol. The van der Waals surface area contributed by atoms with Gasteiger partial charge in [-0.05, 0) is 42.8 Å². The van der Waals surface area contributed by atoms with E-state index in [0.29, 0.717) is 31.5 Å². The summed E-state index contributed by atoms with van der Waals surface area (Å²) < 4.78 is 0. The molecule has 5 nitrogen and oxygen atoms in total. The molecule has 2 aromatic carbocycles. The number of rotatable bonds is 3. The Balaban J connectivity index is 1.70. The number of aromatic hydroxyl groups is 1. The lowest BCUT2D eigenvalue weighted by Gasteiger charge is -2.20. The molecule has 0 atom stereocenters. The summed E-state index contributed by atoms with van der Waals surface area (Å²) in [4.78, 5) is 24.5. The van der Waals surface area contributed by atoms with Crippen LogP contribution in [0.15, 0.2) is 54.6 Å². The van der Waals surface area contributed by atoms with Gasteiger partial charge in [0.15, 0.2) is 0 Å². The van der Waals surface area contributed by atoms with Gasteiger partial charge in [-0.25, -0.2) is 9.97 Å². The van der Waals surface area contributed by atoms with Crippen molar-refractivity contribution in [2.24, 2.45) is 0 Å². The number of nitrogens with zero attached hydrogens (tertiary/aromatic N) is 3. The molecule has 0 radical (unpaired) electrons. The molecule has 0 spiro atoms. The van der Waals surface area contributed by atoms with Gasteiger partial charge >= 0.3 is 0 Å². The molecule has 1 aromatic heterocycles. The smallest absolute Gasteiger partial charge is 0.253 e. The Bertz CT molecular complexity index is 1010. The lowest BCUT2D eigenvalue weighted by atomic mass is 10.00. The van der Waals surface area contributed by atoms with Gasteiger partial charge in [-0.2, -0.15) is 0 Å². The van der Waals surface area contributed by atoms with Crippen molar-refractivity contribution in [1.82, 2.24) is 14.9 Å². The fraction of sp³-hybridized carbons (Fsp3) is 0.292. The minimum atomic E-state index is 0.0571. The maximum Gasteiger partial charge on any atom is 0.253 e. The molecule has 5 heteroatoms. The van der Waals surface area contributed by atoms with Crippen molar-refractivity contribution in [3.63, 3.8) is 0 Å². The summed E-state index contributed by atoms with van der Waals surface area (Å²) in [6, 6.07) is 16.6. The number of benzene rings is 2. The zero-order valence-electron chi connectivity index (χ0n) is 16.8. The number of hydrogen-bond donors (Lipinski definition) is 1. The molecule has 0 unspecified atom stereocenters. The molecule has 0 saturated carbocycles. The van der Waals surface area contributed by atoms with Crippen molar-refractivity contribution in [3.05, 3.63) is 77.2 Å². The molecule has 0 saturated heterocycles. The Morgan fingerprint density at radius 2 is 1.66 bits per heavy atom. The number of carbonyl (C=O) groups is 1. The van der Waals surface area contributed by atoms with Crippen molar-refractivity contribution in [1.29, 1.82) is 0 Å². The van der Waals surface area contributed by atoms with Crippen LogP contribution in [0.5, 0.6) is 5.75 Å². The van der Waals surface area contributed by atoms with Crippen LogP contribution in [0.2, 0.25) is 0 Å². The molecule has 1 amide bonds. The highest BCUT2D eigenvalue weighted by Crippen LogP contribution is 2.29. The van der Waals surface area contributed by atoms with Crippen LogP contribution in [0.3, 0.4) is 0 Å². The number of aromatic nitrogens is 2. The predicted molar refractivity (Wildman–Crippen MR) is 113 cm³/mol. The zero-order valence-corrected chi connectivity index (χ0v) is 16.8. The first-order valence-electron chi connectivity index (χ1n) is 10.1. The monoisotopic (exact) mass is 387 g/mol. The average molecular weight is 387 g/mol. The molecular formula is C24H25N3O2. The van der Waals surface area contributed by atoms with Gasteiger partial charge in [0.05, 0.1) is 5.69 Å². The van der Waals surface area contributed by atoms with Crippen LogP contribution in [-0.4, -0.2) is 39.0 Å². The third-order valence-electron chi connectivity index (χ3n) is 5.33. The van der Waals surface area contributed by atoms with Crippen LogP contribution < -0.4 is 0 Å². The quantitative estimate of drug-likeness (QED) is 0.731. The predicted octanol–water partition coefficient (Wildman–Crippen LogP) is 4.21. The van der Waals surface area contributed by atoms with Gasteiger partial charge in [-0.15, -0.1) is 0 Å².